The lowest BCUT2D eigenvalue weighted by atomic mass is 9.89. The van der Waals surface area contributed by atoms with Gasteiger partial charge in [-0.1, -0.05) is 0 Å². The van der Waals surface area contributed by atoms with E-state index < -0.39 is 10.8 Å². The molecule has 0 radical (unpaired) electrons. The first kappa shape index (κ1) is 15.0. The van der Waals surface area contributed by atoms with Crippen LogP contribution in [0.3, 0.4) is 0 Å². The molecule has 0 aromatic rings. The van der Waals surface area contributed by atoms with E-state index in [0.29, 0.717) is 30.2 Å². The lowest BCUT2D eigenvalue weighted by molar-refractivity contribution is -0.122. The highest BCUT2D eigenvalue weighted by molar-refractivity contribution is 7.84. The predicted molar refractivity (Wildman–Crippen MR) is 78.4 cm³/mol. The van der Waals surface area contributed by atoms with Gasteiger partial charge in [0, 0.05) is 47.4 Å². The van der Waals surface area contributed by atoms with Crippen molar-refractivity contribution in [2.75, 3.05) is 12.0 Å². The van der Waals surface area contributed by atoms with E-state index in [-0.39, 0.29) is 11.9 Å². The van der Waals surface area contributed by atoms with Gasteiger partial charge in [0.15, 0.2) is 0 Å². The van der Waals surface area contributed by atoms with E-state index in [1.54, 1.807) is 6.26 Å². The molecule has 4 nitrogen and oxygen atoms in total. The third-order valence-electron chi connectivity index (χ3n) is 4.29. The van der Waals surface area contributed by atoms with Crippen molar-refractivity contribution >= 4 is 16.7 Å². The third kappa shape index (κ3) is 4.88. The van der Waals surface area contributed by atoms with Gasteiger partial charge in [0.25, 0.3) is 0 Å². The van der Waals surface area contributed by atoms with Crippen molar-refractivity contribution < 1.29 is 9.00 Å². The summed E-state index contributed by atoms with van der Waals surface area (Å²) in [4.78, 5) is 12.0. The summed E-state index contributed by atoms with van der Waals surface area (Å²) >= 11 is 0. The van der Waals surface area contributed by atoms with Gasteiger partial charge in [0.1, 0.15) is 0 Å². The maximum absolute atomic E-state index is 12.0. The van der Waals surface area contributed by atoms with E-state index in [2.05, 4.69) is 10.6 Å². The van der Waals surface area contributed by atoms with E-state index >= 15 is 0 Å². The number of rotatable bonds is 6. The molecule has 2 aliphatic rings. The van der Waals surface area contributed by atoms with Crippen LogP contribution in [0, 0.1) is 5.92 Å². The van der Waals surface area contributed by atoms with Crippen LogP contribution in [0.1, 0.15) is 45.4 Å². The van der Waals surface area contributed by atoms with Crippen LogP contribution in [0.2, 0.25) is 0 Å². The Labute approximate surface area is 118 Å². The highest BCUT2D eigenvalue weighted by Gasteiger charge is 2.34. The van der Waals surface area contributed by atoms with Gasteiger partial charge < -0.3 is 10.6 Å². The quantitative estimate of drug-likeness (QED) is 0.771. The number of carbonyl (C=O) groups is 1. The first-order valence-corrected chi connectivity index (χ1v) is 9.11. The molecule has 2 saturated heterocycles. The van der Waals surface area contributed by atoms with Crippen molar-refractivity contribution in [1.29, 1.82) is 0 Å². The van der Waals surface area contributed by atoms with Gasteiger partial charge in [0.05, 0.1) is 0 Å². The number of fused-ring (bicyclic) bond motifs is 2. The van der Waals surface area contributed by atoms with Crippen molar-refractivity contribution in [2.24, 2.45) is 5.92 Å². The molecule has 2 fully saturated rings. The summed E-state index contributed by atoms with van der Waals surface area (Å²) in [5.41, 5.74) is 0. The standard InChI is InChI=1S/C14H26N2O2S/c1-10(5-6-19(2)18)15-14(17)9-11-7-12-3-4-13(8-11)16-12/h10-13,16H,3-9H2,1-2H3,(H,15,17). The maximum atomic E-state index is 12.0. The Bertz CT molecular complexity index is 336. The average Bonchev–Trinajstić information content (AvgIpc) is 2.66. The molecule has 4 atom stereocenters. The molecular weight excluding hydrogens is 260 g/mol. The Balaban J connectivity index is 1.68. The molecule has 2 bridgehead atoms. The molecule has 0 aromatic carbocycles. The van der Waals surface area contributed by atoms with Crippen LogP contribution >= 0.6 is 0 Å². The molecule has 19 heavy (non-hydrogen) atoms. The van der Waals surface area contributed by atoms with Crippen molar-refractivity contribution in [3.05, 3.63) is 0 Å². The Hall–Kier alpha value is -0.420. The minimum atomic E-state index is -0.768. The highest BCUT2D eigenvalue weighted by atomic mass is 32.2. The van der Waals surface area contributed by atoms with E-state index in [4.69, 9.17) is 0 Å². The zero-order valence-corrected chi connectivity index (χ0v) is 12.8. The normalized spacial score (nSPS) is 32.8. The summed E-state index contributed by atoms with van der Waals surface area (Å²) in [5, 5.41) is 6.64. The molecule has 1 amide bonds. The van der Waals surface area contributed by atoms with Crippen LogP contribution in [0.25, 0.3) is 0 Å². The molecule has 2 rings (SSSR count). The second-order valence-electron chi connectivity index (χ2n) is 6.21. The van der Waals surface area contributed by atoms with Crippen molar-refractivity contribution in [3.8, 4) is 0 Å². The summed E-state index contributed by atoms with van der Waals surface area (Å²) in [6.45, 7) is 2.00. The van der Waals surface area contributed by atoms with Crippen molar-refractivity contribution in [3.63, 3.8) is 0 Å². The summed E-state index contributed by atoms with van der Waals surface area (Å²) in [6.07, 6.45) is 8.03. The minimum Gasteiger partial charge on any atom is -0.354 e. The van der Waals surface area contributed by atoms with Gasteiger partial charge in [-0.3, -0.25) is 9.00 Å². The van der Waals surface area contributed by atoms with Crippen LogP contribution in [0.15, 0.2) is 0 Å². The SMILES string of the molecule is CC(CCS(C)=O)NC(=O)CC1CC2CCC(C1)N2. The highest BCUT2D eigenvalue weighted by Crippen LogP contribution is 2.32. The number of nitrogens with one attached hydrogen (secondary N) is 2. The molecule has 0 aromatic heterocycles. The van der Waals surface area contributed by atoms with Crippen LogP contribution in [0.5, 0.6) is 0 Å². The van der Waals surface area contributed by atoms with Crippen molar-refractivity contribution in [1.82, 2.24) is 10.6 Å². The van der Waals surface area contributed by atoms with Crippen molar-refractivity contribution in [2.45, 2.75) is 63.6 Å². The maximum Gasteiger partial charge on any atom is 0.220 e. The molecular formula is C14H26N2O2S. The molecule has 5 heteroatoms. The summed E-state index contributed by atoms with van der Waals surface area (Å²) in [7, 11) is -0.768. The topological polar surface area (TPSA) is 58.2 Å². The number of amides is 1. The van der Waals surface area contributed by atoms with E-state index in [0.717, 1.165) is 19.3 Å². The van der Waals surface area contributed by atoms with E-state index in [1.165, 1.54) is 12.8 Å². The molecule has 110 valence electrons. The molecule has 0 spiro atoms. The second kappa shape index (κ2) is 6.84. The summed E-state index contributed by atoms with van der Waals surface area (Å²) in [6, 6.07) is 1.43. The second-order valence-corrected chi connectivity index (χ2v) is 7.77. The average molecular weight is 286 g/mol. The van der Waals surface area contributed by atoms with Gasteiger partial charge in [-0.25, -0.2) is 0 Å². The largest absolute Gasteiger partial charge is 0.354 e. The van der Waals surface area contributed by atoms with Crippen LogP contribution in [-0.2, 0) is 15.6 Å². The van der Waals surface area contributed by atoms with Gasteiger partial charge in [-0.2, -0.15) is 0 Å². The van der Waals surface area contributed by atoms with Gasteiger partial charge in [0.2, 0.25) is 5.91 Å². The third-order valence-corrected chi connectivity index (χ3v) is 5.10. The fourth-order valence-electron chi connectivity index (χ4n) is 3.35. The lowest BCUT2D eigenvalue weighted by Gasteiger charge is -2.29. The van der Waals surface area contributed by atoms with Crippen LogP contribution in [0.4, 0.5) is 0 Å². The zero-order valence-electron chi connectivity index (χ0n) is 12.0. The predicted octanol–water partition coefficient (Wildman–Crippen LogP) is 1.18. The van der Waals surface area contributed by atoms with Gasteiger partial charge in [-0.15, -0.1) is 0 Å². The first-order valence-electron chi connectivity index (χ1n) is 7.38. The lowest BCUT2D eigenvalue weighted by Crippen LogP contribution is -2.41. The Morgan fingerprint density at radius 1 is 1.37 bits per heavy atom. The van der Waals surface area contributed by atoms with Gasteiger partial charge >= 0.3 is 0 Å². The number of carbonyl (C=O) groups excluding carboxylic acids is 1. The fraction of sp³-hybridized carbons (Fsp3) is 0.929. The number of piperidine rings is 1. The molecule has 2 N–H and O–H groups in total. The number of hydrogen-bond acceptors (Lipinski definition) is 3. The number of hydrogen-bond donors (Lipinski definition) is 2. The van der Waals surface area contributed by atoms with Crippen LogP contribution in [-0.4, -0.2) is 40.3 Å². The molecule has 2 aliphatic heterocycles. The summed E-state index contributed by atoms with van der Waals surface area (Å²) < 4.78 is 11.0. The van der Waals surface area contributed by atoms with Crippen LogP contribution < -0.4 is 10.6 Å². The zero-order chi connectivity index (χ0) is 13.8. The fourth-order valence-corrected chi connectivity index (χ4v) is 4.04. The Morgan fingerprint density at radius 3 is 2.58 bits per heavy atom. The van der Waals surface area contributed by atoms with Gasteiger partial charge in [-0.05, 0) is 44.9 Å². The first-order chi connectivity index (χ1) is 9.02. The Kier molecular flexibility index (Phi) is 5.39. The summed E-state index contributed by atoms with van der Waals surface area (Å²) in [5.74, 6) is 1.38. The monoisotopic (exact) mass is 286 g/mol. The minimum absolute atomic E-state index is 0.134. The van der Waals surface area contributed by atoms with E-state index in [1.807, 2.05) is 6.92 Å². The Morgan fingerprint density at radius 2 is 2.00 bits per heavy atom. The molecule has 4 unspecified atom stereocenters. The molecule has 0 aliphatic carbocycles. The smallest absolute Gasteiger partial charge is 0.220 e. The molecule has 0 saturated carbocycles. The van der Waals surface area contributed by atoms with E-state index in [9.17, 15) is 9.00 Å². The molecule has 2 heterocycles.